The minimum absolute atomic E-state index is 0.0577. The van der Waals surface area contributed by atoms with Gasteiger partial charge in [0.1, 0.15) is 11.9 Å². The Hall–Kier alpha value is -2.75. The number of benzene rings is 1. The zero-order chi connectivity index (χ0) is 21.0. The Morgan fingerprint density at radius 2 is 2.03 bits per heavy atom. The Morgan fingerprint density at radius 1 is 1.28 bits per heavy atom. The summed E-state index contributed by atoms with van der Waals surface area (Å²) in [4.78, 5) is 19.0. The predicted molar refractivity (Wildman–Crippen MR) is 104 cm³/mol. The highest BCUT2D eigenvalue weighted by molar-refractivity contribution is 5.88. The number of fused-ring (bicyclic) bond motifs is 4. The van der Waals surface area contributed by atoms with Crippen molar-refractivity contribution in [2.24, 2.45) is 5.73 Å². The number of anilines is 2. The summed E-state index contributed by atoms with van der Waals surface area (Å²) in [5, 5.41) is 5.08. The first kappa shape index (κ1) is 21.0. The molecule has 2 atom stereocenters. The molecule has 1 amide bonds. The smallest absolute Gasteiger partial charge is 0.411 e. The van der Waals surface area contributed by atoms with Gasteiger partial charge in [-0.15, -0.1) is 0 Å². The van der Waals surface area contributed by atoms with Gasteiger partial charge in [0, 0.05) is 23.1 Å². The lowest BCUT2D eigenvalue weighted by molar-refractivity contribution is -0.144. The highest BCUT2D eigenvalue weighted by atomic mass is 19.4. The van der Waals surface area contributed by atoms with E-state index in [0.717, 1.165) is 6.42 Å². The van der Waals surface area contributed by atoms with Crippen molar-refractivity contribution < 1.29 is 22.7 Å². The molecule has 0 aliphatic carbocycles. The van der Waals surface area contributed by atoms with Crippen molar-refractivity contribution in [3.8, 4) is 11.3 Å². The van der Waals surface area contributed by atoms with Crippen molar-refractivity contribution in [3.63, 3.8) is 0 Å². The van der Waals surface area contributed by atoms with Crippen LogP contribution in [0, 0.1) is 0 Å². The number of aromatic nitrogens is 2. The average Bonchev–Trinajstić information content (AvgIpc) is 3.15. The summed E-state index contributed by atoms with van der Waals surface area (Å²) in [6.45, 7) is 0. The van der Waals surface area contributed by atoms with E-state index in [1.807, 2.05) is 0 Å². The number of amides is 1. The summed E-state index contributed by atoms with van der Waals surface area (Å²) >= 11 is 0. The molecule has 2 bridgehead atoms. The van der Waals surface area contributed by atoms with Crippen LogP contribution in [-0.4, -0.2) is 35.4 Å². The summed E-state index contributed by atoms with van der Waals surface area (Å²) in [6, 6.07) is 2.60. The second-order valence-electron chi connectivity index (χ2n) is 7.03. The number of methoxy groups -OCH3 is 1. The van der Waals surface area contributed by atoms with Crippen LogP contribution in [0.15, 0.2) is 24.4 Å². The van der Waals surface area contributed by atoms with E-state index >= 15 is 0 Å². The molecular weight excluding hydrogens is 387 g/mol. The topological polar surface area (TPSA) is 105 Å². The third-order valence-corrected chi connectivity index (χ3v) is 4.91. The number of hydrogen-bond acceptors (Lipinski definition) is 5. The maximum atomic E-state index is 13.6. The monoisotopic (exact) mass is 411 g/mol. The molecule has 158 valence electrons. The van der Waals surface area contributed by atoms with Crippen LogP contribution in [0.4, 0.5) is 29.3 Å². The van der Waals surface area contributed by atoms with Crippen LogP contribution in [0.1, 0.15) is 44.0 Å². The fourth-order valence-corrected chi connectivity index (χ4v) is 3.33. The maximum absolute atomic E-state index is 13.6. The molecule has 0 saturated carbocycles. The molecule has 1 aliphatic rings. The van der Waals surface area contributed by atoms with Crippen LogP contribution in [0.2, 0.25) is 0 Å². The van der Waals surface area contributed by atoms with E-state index in [0.29, 0.717) is 42.0 Å². The molecule has 0 saturated heterocycles. The molecule has 2 aromatic rings. The van der Waals surface area contributed by atoms with E-state index in [1.165, 1.54) is 13.2 Å². The first-order valence-corrected chi connectivity index (χ1v) is 9.41. The number of hydrogen-bond donors (Lipinski definition) is 4. The number of carbonyl (C=O) groups is 1. The number of rotatable bonds is 1. The molecule has 1 aromatic carbocycles. The molecule has 7 nitrogen and oxygen atoms in total. The molecular formula is C19H24F3N5O2. The zero-order valence-corrected chi connectivity index (χ0v) is 16.0. The first-order chi connectivity index (χ1) is 13.8. The van der Waals surface area contributed by atoms with Gasteiger partial charge in [-0.25, -0.2) is 9.78 Å². The van der Waals surface area contributed by atoms with Gasteiger partial charge in [-0.2, -0.15) is 13.2 Å². The minimum Gasteiger partial charge on any atom is -0.453 e. The second-order valence-corrected chi connectivity index (χ2v) is 7.03. The van der Waals surface area contributed by atoms with Crippen molar-refractivity contribution in [2.45, 2.75) is 50.4 Å². The van der Waals surface area contributed by atoms with Gasteiger partial charge in [0.2, 0.25) is 0 Å². The Morgan fingerprint density at radius 3 is 2.76 bits per heavy atom. The predicted octanol–water partition coefficient (Wildman–Crippen LogP) is 4.56. The molecule has 29 heavy (non-hydrogen) atoms. The Kier molecular flexibility index (Phi) is 6.31. The van der Waals surface area contributed by atoms with Crippen molar-refractivity contribution in [1.29, 1.82) is 0 Å². The number of ether oxygens (including phenoxy) is 1. The van der Waals surface area contributed by atoms with Gasteiger partial charge in [0.15, 0.2) is 0 Å². The van der Waals surface area contributed by atoms with E-state index in [9.17, 15) is 18.0 Å². The first-order valence-electron chi connectivity index (χ1n) is 9.41. The summed E-state index contributed by atoms with van der Waals surface area (Å²) < 4.78 is 45.5. The van der Waals surface area contributed by atoms with Gasteiger partial charge in [0.25, 0.3) is 0 Å². The normalized spacial score (nSPS) is 20.3. The molecule has 0 radical (unpaired) electrons. The summed E-state index contributed by atoms with van der Waals surface area (Å²) in [5.41, 5.74) is 7.63. The maximum Gasteiger partial charge on any atom is 0.411 e. The number of nitrogens with two attached hydrogens (primary N) is 1. The lowest BCUT2D eigenvalue weighted by Crippen LogP contribution is -2.36. The number of halogens is 3. The molecule has 1 aromatic heterocycles. The summed E-state index contributed by atoms with van der Waals surface area (Å²) in [7, 11) is 1.21. The second kappa shape index (κ2) is 8.73. The van der Waals surface area contributed by atoms with E-state index in [4.69, 9.17) is 5.73 Å². The number of nitrogens with zero attached hydrogens (tertiary/aromatic N) is 1. The zero-order valence-electron chi connectivity index (χ0n) is 16.0. The number of imidazole rings is 1. The number of aromatic amines is 1. The van der Waals surface area contributed by atoms with Crippen molar-refractivity contribution in [2.75, 3.05) is 17.7 Å². The largest absolute Gasteiger partial charge is 0.453 e. The van der Waals surface area contributed by atoms with Gasteiger partial charge in [-0.3, -0.25) is 5.32 Å². The highest BCUT2D eigenvalue weighted by Gasteiger charge is 2.39. The van der Waals surface area contributed by atoms with Gasteiger partial charge in [0.05, 0.1) is 18.8 Å². The SMILES string of the molecule is COC(=O)Nc1ccc2c(c1)NC(C(F)(F)F)CCCCC[C@H](N)c1nc-2c[nH]1. The number of alkyl halides is 3. The van der Waals surface area contributed by atoms with Crippen LogP contribution in [-0.2, 0) is 4.74 Å². The van der Waals surface area contributed by atoms with Crippen LogP contribution in [0.3, 0.4) is 0 Å². The number of H-pyrrole nitrogens is 1. The fraction of sp³-hybridized carbons (Fsp3) is 0.474. The number of nitrogens with one attached hydrogen (secondary N) is 3. The van der Waals surface area contributed by atoms with E-state index in [2.05, 4.69) is 25.3 Å². The molecule has 1 aliphatic heterocycles. The van der Waals surface area contributed by atoms with Crippen LogP contribution >= 0.6 is 0 Å². The van der Waals surface area contributed by atoms with Gasteiger partial charge in [-0.05, 0) is 31.0 Å². The van der Waals surface area contributed by atoms with Crippen LogP contribution < -0.4 is 16.4 Å². The van der Waals surface area contributed by atoms with Crippen molar-refractivity contribution in [1.82, 2.24) is 9.97 Å². The third kappa shape index (κ3) is 5.20. The van der Waals surface area contributed by atoms with Crippen molar-refractivity contribution >= 4 is 17.5 Å². The number of carbonyl (C=O) groups excluding carboxylic acids is 1. The molecule has 1 unspecified atom stereocenters. The minimum atomic E-state index is -4.42. The quantitative estimate of drug-likeness (QED) is 0.551. The van der Waals surface area contributed by atoms with E-state index in [1.54, 1.807) is 18.3 Å². The van der Waals surface area contributed by atoms with Crippen molar-refractivity contribution in [3.05, 3.63) is 30.2 Å². The Bertz CT molecular complexity index is 853. The van der Waals surface area contributed by atoms with Gasteiger partial charge < -0.3 is 20.8 Å². The van der Waals surface area contributed by atoms with Crippen LogP contribution in [0.5, 0.6) is 0 Å². The molecule has 3 rings (SSSR count). The third-order valence-electron chi connectivity index (χ3n) is 4.91. The molecule has 2 heterocycles. The van der Waals surface area contributed by atoms with E-state index in [-0.39, 0.29) is 18.2 Å². The van der Waals surface area contributed by atoms with Crippen LogP contribution in [0.25, 0.3) is 11.3 Å². The van der Waals surface area contributed by atoms with Gasteiger partial charge in [-0.1, -0.05) is 19.3 Å². The average molecular weight is 411 g/mol. The summed E-state index contributed by atoms with van der Waals surface area (Å²) in [5.74, 6) is 0.592. The van der Waals surface area contributed by atoms with Gasteiger partial charge >= 0.3 is 12.3 Å². The lowest BCUT2D eigenvalue weighted by Gasteiger charge is -2.24. The highest BCUT2D eigenvalue weighted by Crippen LogP contribution is 2.35. The molecule has 0 fully saturated rings. The van der Waals surface area contributed by atoms with E-state index < -0.39 is 18.3 Å². The molecule has 5 N–H and O–H groups in total. The lowest BCUT2D eigenvalue weighted by atomic mass is 10.0. The fourth-order valence-electron chi connectivity index (χ4n) is 3.33. The molecule has 0 spiro atoms. The summed E-state index contributed by atoms with van der Waals surface area (Å²) in [6.07, 6.45) is -1.14. The molecule has 10 heteroatoms. The Labute approximate surface area is 166 Å². The standard InChI is InChI=1S/C19H24F3N5O2/c1-29-18(28)25-11-7-8-12-14(9-11)26-16(19(20,21)22)6-4-2-3-5-13(23)17-24-10-15(12)27-17/h7-10,13,16,26H,2-6,23H2,1H3,(H,24,27)(H,25,28)/t13-,16?/m0/s1. The Balaban J connectivity index is 2.03.